The van der Waals surface area contributed by atoms with Crippen LogP contribution in [0.2, 0.25) is 0 Å². The van der Waals surface area contributed by atoms with Crippen LogP contribution in [0.3, 0.4) is 0 Å². The van der Waals surface area contributed by atoms with Crippen molar-refractivity contribution >= 4 is 0 Å². The zero-order valence-corrected chi connectivity index (χ0v) is 9.47. The van der Waals surface area contributed by atoms with Crippen LogP contribution in [-0.2, 0) is 0 Å². The molecule has 0 amide bonds. The van der Waals surface area contributed by atoms with E-state index in [0.29, 0.717) is 0 Å². The molecule has 2 aliphatic heterocycles. The Morgan fingerprint density at radius 1 is 1.14 bits per heavy atom. The quantitative estimate of drug-likeness (QED) is 0.741. The molecule has 0 spiro atoms. The number of nitrogens with zero attached hydrogens (tertiary/aromatic N) is 1. The van der Waals surface area contributed by atoms with Gasteiger partial charge in [0, 0.05) is 6.04 Å². The van der Waals surface area contributed by atoms with E-state index in [4.69, 9.17) is 0 Å². The molecular formula is C12H24N2. The summed E-state index contributed by atoms with van der Waals surface area (Å²) in [6.45, 7) is 7.32. The predicted molar refractivity (Wildman–Crippen MR) is 60.5 cm³/mol. The maximum atomic E-state index is 3.52. The summed E-state index contributed by atoms with van der Waals surface area (Å²) in [5.74, 6) is 0.934. The third-order valence-electron chi connectivity index (χ3n) is 3.89. The van der Waals surface area contributed by atoms with E-state index in [1.54, 1.807) is 0 Å². The van der Waals surface area contributed by atoms with Crippen LogP contribution >= 0.6 is 0 Å². The van der Waals surface area contributed by atoms with Crippen molar-refractivity contribution in [1.29, 1.82) is 0 Å². The first-order valence-electron chi connectivity index (χ1n) is 6.36. The fourth-order valence-electron chi connectivity index (χ4n) is 3.15. The highest BCUT2D eigenvalue weighted by atomic mass is 15.2. The molecule has 14 heavy (non-hydrogen) atoms. The molecule has 2 fully saturated rings. The number of hydrogen-bond donors (Lipinski definition) is 1. The summed E-state index contributed by atoms with van der Waals surface area (Å²) in [5.41, 5.74) is 0. The summed E-state index contributed by atoms with van der Waals surface area (Å²) < 4.78 is 0. The second-order valence-corrected chi connectivity index (χ2v) is 4.81. The Bertz CT molecular complexity index is 168. The third-order valence-corrected chi connectivity index (χ3v) is 3.89. The number of fused-ring (bicyclic) bond motifs is 1. The van der Waals surface area contributed by atoms with Crippen LogP contribution in [0.15, 0.2) is 0 Å². The maximum Gasteiger partial charge on any atom is 0.0136 e. The molecule has 0 saturated carbocycles. The van der Waals surface area contributed by atoms with Crippen molar-refractivity contribution in [3.8, 4) is 0 Å². The van der Waals surface area contributed by atoms with E-state index < -0.39 is 0 Å². The molecule has 2 unspecified atom stereocenters. The fourth-order valence-corrected chi connectivity index (χ4v) is 3.15. The lowest BCUT2D eigenvalue weighted by Gasteiger charge is -2.44. The second-order valence-electron chi connectivity index (χ2n) is 4.81. The Morgan fingerprint density at radius 2 is 2.00 bits per heavy atom. The van der Waals surface area contributed by atoms with Crippen molar-refractivity contribution in [2.75, 3.05) is 26.2 Å². The molecule has 82 valence electrons. The molecule has 0 aromatic carbocycles. The first-order valence-corrected chi connectivity index (χ1v) is 6.36. The standard InChI is InChI=1S/C12H24N2/c1-2-13-10-11-6-5-9-14-8-4-3-7-12(11)14/h11-13H,2-10H2,1H3. The summed E-state index contributed by atoms with van der Waals surface area (Å²) in [4.78, 5) is 2.75. The van der Waals surface area contributed by atoms with Gasteiger partial charge in [-0.1, -0.05) is 13.3 Å². The highest BCUT2D eigenvalue weighted by molar-refractivity contribution is 4.87. The molecule has 2 heteroatoms. The number of rotatable bonds is 3. The Morgan fingerprint density at radius 3 is 2.86 bits per heavy atom. The fraction of sp³-hybridized carbons (Fsp3) is 1.00. The highest BCUT2D eigenvalue weighted by Crippen LogP contribution is 2.30. The topological polar surface area (TPSA) is 15.3 Å². The Hall–Kier alpha value is -0.0800. The molecule has 2 heterocycles. The Labute approximate surface area is 88.1 Å². The first kappa shape index (κ1) is 10.4. The molecule has 0 radical (unpaired) electrons. The van der Waals surface area contributed by atoms with Crippen LogP contribution in [0.4, 0.5) is 0 Å². The smallest absolute Gasteiger partial charge is 0.0136 e. The van der Waals surface area contributed by atoms with Crippen LogP contribution < -0.4 is 5.32 Å². The monoisotopic (exact) mass is 196 g/mol. The lowest BCUT2D eigenvalue weighted by Crippen LogP contribution is -2.50. The van der Waals surface area contributed by atoms with Crippen molar-refractivity contribution in [3.63, 3.8) is 0 Å². The van der Waals surface area contributed by atoms with Crippen molar-refractivity contribution in [2.24, 2.45) is 5.92 Å². The van der Waals surface area contributed by atoms with Gasteiger partial charge in [-0.25, -0.2) is 0 Å². The summed E-state index contributed by atoms with van der Waals surface area (Å²) >= 11 is 0. The zero-order chi connectivity index (χ0) is 9.80. The van der Waals surface area contributed by atoms with Gasteiger partial charge in [0.2, 0.25) is 0 Å². The molecule has 0 aromatic heterocycles. The van der Waals surface area contributed by atoms with E-state index in [0.717, 1.165) is 18.5 Å². The summed E-state index contributed by atoms with van der Waals surface area (Å²) in [5, 5.41) is 3.52. The maximum absolute atomic E-state index is 3.52. The van der Waals surface area contributed by atoms with Gasteiger partial charge < -0.3 is 10.2 Å². The SMILES string of the molecule is CCNCC1CCCN2CCCCC12. The molecule has 0 aromatic rings. The Kier molecular flexibility index (Phi) is 3.82. The van der Waals surface area contributed by atoms with E-state index in [1.807, 2.05) is 0 Å². The summed E-state index contributed by atoms with van der Waals surface area (Å²) in [6.07, 6.45) is 7.23. The molecule has 0 bridgehead atoms. The van der Waals surface area contributed by atoms with Gasteiger partial charge in [-0.2, -0.15) is 0 Å². The molecule has 2 nitrogen and oxygen atoms in total. The van der Waals surface area contributed by atoms with E-state index in [9.17, 15) is 0 Å². The van der Waals surface area contributed by atoms with Gasteiger partial charge in [0.25, 0.3) is 0 Å². The van der Waals surface area contributed by atoms with Crippen LogP contribution in [0.25, 0.3) is 0 Å². The third kappa shape index (κ3) is 2.29. The summed E-state index contributed by atoms with van der Waals surface area (Å²) in [7, 11) is 0. The lowest BCUT2D eigenvalue weighted by molar-refractivity contribution is 0.0597. The van der Waals surface area contributed by atoms with Crippen LogP contribution in [0.1, 0.15) is 39.0 Å². The van der Waals surface area contributed by atoms with Crippen molar-refractivity contribution in [1.82, 2.24) is 10.2 Å². The molecule has 0 aliphatic carbocycles. The van der Waals surface area contributed by atoms with E-state index >= 15 is 0 Å². The van der Waals surface area contributed by atoms with Gasteiger partial charge in [0.1, 0.15) is 0 Å². The van der Waals surface area contributed by atoms with Crippen LogP contribution in [0, 0.1) is 5.92 Å². The second kappa shape index (κ2) is 5.13. The number of nitrogens with one attached hydrogen (secondary N) is 1. The average molecular weight is 196 g/mol. The highest BCUT2D eigenvalue weighted by Gasteiger charge is 2.32. The van der Waals surface area contributed by atoms with E-state index in [2.05, 4.69) is 17.1 Å². The van der Waals surface area contributed by atoms with Crippen molar-refractivity contribution < 1.29 is 0 Å². The molecule has 2 aliphatic rings. The first-order chi connectivity index (χ1) is 6.92. The van der Waals surface area contributed by atoms with E-state index in [-0.39, 0.29) is 0 Å². The van der Waals surface area contributed by atoms with Crippen LogP contribution in [-0.4, -0.2) is 37.1 Å². The van der Waals surface area contributed by atoms with Gasteiger partial charge in [-0.15, -0.1) is 0 Å². The van der Waals surface area contributed by atoms with E-state index in [1.165, 1.54) is 51.7 Å². The zero-order valence-electron chi connectivity index (χ0n) is 9.47. The lowest BCUT2D eigenvalue weighted by atomic mass is 9.83. The Balaban J connectivity index is 1.88. The van der Waals surface area contributed by atoms with Crippen LogP contribution in [0.5, 0.6) is 0 Å². The van der Waals surface area contributed by atoms with Gasteiger partial charge in [0.15, 0.2) is 0 Å². The van der Waals surface area contributed by atoms with Crippen molar-refractivity contribution in [3.05, 3.63) is 0 Å². The predicted octanol–water partition coefficient (Wildman–Crippen LogP) is 1.86. The number of piperidine rings is 2. The summed E-state index contributed by atoms with van der Waals surface area (Å²) in [6, 6.07) is 0.913. The molecule has 1 N–H and O–H groups in total. The van der Waals surface area contributed by atoms with Gasteiger partial charge >= 0.3 is 0 Å². The molecule has 2 saturated heterocycles. The number of hydrogen-bond acceptors (Lipinski definition) is 2. The molecular weight excluding hydrogens is 172 g/mol. The van der Waals surface area contributed by atoms with Gasteiger partial charge in [0.05, 0.1) is 0 Å². The average Bonchev–Trinajstić information content (AvgIpc) is 2.26. The van der Waals surface area contributed by atoms with Gasteiger partial charge in [-0.3, -0.25) is 0 Å². The normalized spacial score (nSPS) is 34.1. The van der Waals surface area contributed by atoms with Crippen molar-refractivity contribution in [2.45, 2.75) is 45.1 Å². The largest absolute Gasteiger partial charge is 0.317 e. The van der Waals surface area contributed by atoms with Gasteiger partial charge in [-0.05, 0) is 57.8 Å². The molecule has 2 atom stereocenters. The minimum atomic E-state index is 0.913. The minimum Gasteiger partial charge on any atom is -0.317 e. The minimum absolute atomic E-state index is 0.913. The molecule has 2 rings (SSSR count).